The molecular formula is C19H20O10S2. The molecule has 0 aliphatic rings. The summed E-state index contributed by atoms with van der Waals surface area (Å²) in [5.41, 5.74) is 0.297. The van der Waals surface area contributed by atoms with Crippen LogP contribution < -0.4 is 9.47 Å². The predicted octanol–water partition coefficient (Wildman–Crippen LogP) is 1.95. The van der Waals surface area contributed by atoms with Crippen LogP contribution >= 0.6 is 0 Å². The Bertz CT molecular complexity index is 1150. The van der Waals surface area contributed by atoms with Gasteiger partial charge in [-0.05, 0) is 47.5 Å². The molecule has 0 radical (unpaired) electrons. The minimum atomic E-state index is -4.23. The number of methoxy groups -OCH3 is 2. The van der Waals surface area contributed by atoms with Crippen molar-refractivity contribution in [2.75, 3.05) is 19.3 Å². The topological polar surface area (TPSA) is 168 Å². The lowest BCUT2D eigenvalue weighted by Gasteiger charge is -2.06. The lowest BCUT2D eigenvalue weighted by molar-refractivity contribution is 0.351. The van der Waals surface area contributed by atoms with E-state index in [1.165, 1.54) is 26.4 Å². The van der Waals surface area contributed by atoms with E-state index < -0.39 is 47.8 Å². The molecule has 0 aromatic heterocycles. The summed E-state index contributed by atoms with van der Waals surface area (Å²) < 4.78 is 58.5. The number of ether oxygens (including phenoxy) is 2. The van der Waals surface area contributed by atoms with Crippen LogP contribution in [0.5, 0.6) is 34.5 Å². The van der Waals surface area contributed by atoms with Crippen molar-refractivity contribution in [3.05, 3.63) is 46.2 Å². The largest absolute Gasteiger partial charge is 0.504 e. The molecule has 12 heteroatoms. The fourth-order valence-corrected chi connectivity index (χ4v) is 5.59. The second-order valence-electron chi connectivity index (χ2n) is 6.23. The first kappa shape index (κ1) is 23.9. The summed E-state index contributed by atoms with van der Waals surface area (Å²) in [5, 5.41) is 38.5. The second kappa shape index (κ2) is 9.18. The Morgan fingerprint density at radius 3 is 1.39 bits per heavy atom. The maximum atomic E-state index is 12.2. The molecular weight excluding hydrogens is 452 g/mol. The molecule has 4 N–H and O–H groups in total. The van der Waals surface area contributed by atoms with Crippen molar-refractivity contribution in [3.63, 3.8) is 0 Å². The number of sulfone groups is 2. The van der Waals surface area contributed by atoms with Gasteiger partial charge < -0.3 is 29.9 Å². The van der Waals surface area contributed by atoms with Gasteiger partial charge in [0, 0.05) is 10.8 Å². The molecule has 0 saturated heterocycles. The van der Waals surface area contributed by atoms with Gasteiger partial charge in [-0.1, -0.05) is 0 Å². The highest BCUT2D eigenvalue weighted by Gasteiger charge is 2.18. The normalized spacial score (nSPS) is 12.5. The number of aromatic hydroxyl groups is 4. The fourth-order valence-electron chi connectivity index (χ4n) is 2.40. The van der Waals surface area contributed by atoms with Gasteiger partial charge in [0.1, 0.15) is 0 Å². The molecule has 2 aromatic rings. The lowest BCUT2D eigenvalue weighted by Crippen LogP contribution is -2.11. The Kier molecular flexibility index (Phi) is 7.08. The van der Waals surface area contributed by atoms with Gasteiger partial charge in [-0.2, -0.15) is 0 Å². The van der Waals surface area contributed by atoms with E-state index in [1.54, 1.807) is 0 Å². The van der Waals surface area contributed by atoms with Crippen LogP contribution in [0, 0.1) is 0 Å². The van der Waals surface area contributed by atoms with Crippen molar-refractivity contribution < 1.29 is 46.7 Å². The molecule has 0 spiro atoms. The fraction of sp³-hybridized carbons (Fsp3) is 0.158. The summed E-state index contributed by atoms with van der Waals surface area (Å²) >= 11 is 0. The van der Waals surface area contributed by atoms with Crippen LogP contribution in [0.25, 0.3) is 12.2 Å². The molecule has 0 heterocycles. The van der Waals surface area contributed by atoms with Crippen molar-refractivity contribution in [2.24, 2.45) is 0 Å². The monoisotopic (exact) mass is 472 g/mol. The Morgan fingerprint density at radius 1 is 0.710 bits per heavy atom. The molecule has 10 nitrogen and oxygen atoms in total. The Labute approximate surface area is 178 Å². The Balaban J connectivity index is 2.22. The third kappa shape index (κ3) is 6.30. The molecule has 0 atom stereocenters. The van der Waals surface area contributed by atoms with Crippen LogP contribution in [0.4, 0.5) is 0 Å². The number of phenols is 4. The molecule has 2 rings (SSSR count). The number of phenolic OH excluding ortho intramolecular Hbond substituents is 4. The highest BCUT2D eigenvalue weighted by atomic mass is 32.3. The quantitative estimate of drug-likeness (QED) is 0.417. The van der Waals surface area contributed by atoms with Crippen LogP contribution in [0.2, 0.25) is 0 Å². The summed E-state index contributed by atoms with van der Waals surface area (Å²) in [7, 11) is -5.99. The van der Waals surface area contributed by atoms with Gasteiger partial charge in [0.25, 0.3) is 0 Å². The van der Waals surface area contributed by atoms with Gasteiger partial charge in [0.05, 0.1) is 14.2 Å². The van der Waals surface area contributed by atoms with Gasteiger partial charge in [0.15, 0.2) is 47.8 Å². The van der Waals surface area contributed by atoms with Crippen LogP contribution in [0.15, 0.2) is 35.1 Å². The molecule has 168 valence electrons. The summed E-state index contributed by atoms with van der Waals surface area (Å²) in [6.07, 6.45) is 2.08. The number of benzene rings is 2. The average Bonchev–Trinajstić information content (AvgIpc) is 2.68. The smallest absolute Gasteiger partial charge is 0.200 e. The zero-order valence-electron chi connectivity index (χ0n) is 16.4. The zero-order valence-corrected chi connectivity index (χ0v) is 18.0. The SMILES string of the molecule is COc1cc(/C=C/S(=O)(=O)CS(=O)(=O)/C=C/c2cc(O)c(O)c(OC)c2)cc(O)c1O. The highest BCUT2D eigenvalue weighted by molar-refractivity contribution is 8.10. The molecule has 0 aliphatic carbocycles. The van der Waals surface area contributed by atoms with Gasteiger partial charge in [-0.25, -0.2) is 16.8 Å². The van der Waals surface area contributed by atoms with Crippen LogP contribution in [0.1, 0.15) is 11.1 Å². The van der Waals surface area contributed by atoms with Crippen molar-refractivity contribution in [2.45, 2.75) is 0 Å². The first-order valence-corrected chi connectivity index (χ1v) is 11.8. The lowest BCUT2D eigenvalue weighted by atomic mass is 10.2. The predicted molar refractivity (Wildman–Crippen MR) is 113 cm³/mol. The molecule has 0 fully saturated rings. The third-order valence-corrected chi connectivity index (χ3v) is 7.59. The first-order chi connectivity index (χ1) is 14.4. The molecule has 2 aromatic carbocycles. The minimum absolute atomic E-state index is 0.0971. The van der Waals surface area contributed by atoms with Crippen molar-refractivity contribution in [1.82, 2.24) is 0 Å². The molecule has 0 unspecified atom stereocenters. The van der Waals surface area contributed by atoms with E-state index in [4.69, 9.17) is 9.47 Å². The van der Waals surface area contributed by atoms with E-state index in [9.17, 15) is 37.3 Å². The van der Waals surface area contributed by atoms with E-state index in [1.807, 2.05) is 0 Å². The number of hydrogen-bond donors (Lipinski definition) is 4. The van der Waals surface area contributed by atoms with E-state index in [-0.39, 0.29) is 22.6 Å². The molecule has 0 saturated carbocycles. The molecule has 0 amide bonds. The second-order valence-corrected chi connectivity index (χ2v) is 10.4. The Hall–Kier alpha value is -3.38. The van der Waals surface area contributed by atoms with Crippen LogP contribution in [-0.4, -0.2) is 56.6 Å². The van der Waals surface area contributed by atoms with Gasteiger partial charge in [0.2, 0.25) is 11.5 Å². The van der Waals surface area contributed by atoms with Crippen molar-refractivity contribution in [1.29, 1.82) is 0 Å². The van der Waals surface area contributed by atoms with Crippen LogP contribution in [-0.2, 0) is 19.7 Å². The summed E-state index contributed by atoms with van der Waals surface area (Å²) in [6.45, 7) is 0. The first-order valence-electron chi connectivity index (χ1n) is 8.39. The number of hydrogen-bond acceptors (Lipinski definition) is 10. The van der Waals surface area contributed by atoms with Crippen LogP contribution in [0.3, 0.4) is 0 Å². The van der Waals surface area contributed by atoms with E-state index in [2.05, 4.69) is 0 Å². The van der Waals surface area contributed by atoms with E-state index >= 15 is 0 Å². The maximum Gasteiger partial charge on any atom is 0.200 e. The van der Waals surface area contributed by atoms with Crippen molar-refractivity contribution in [3.8, 4) is 34.5 Å². The Morgan fingerprint density at radius 2 is 1.06 bits per heavy atom. The minimum Gasteiger partial charge on any atom is -0.504 e. The maximum absolute atomic E-state index is 12.2. The van der Waals surface area contributed by atoms with Crippen molar-refractivity contribution >= 4 is 31.8 Å². The van der Waals surface area contributed by atoms with E-state index in [0.717, 1.165) is 24.3 Å². The van der Waals surface area contributed by atoms with Gasteiger partial charge >= 0.3 is 0 Å². The summed E-state index contributed by atoms with van der Waals surface area (Å²) in [6, 6.07) is 4.65. The van der Waals surface area contributed by atoms with Gasteiger partial charge in [-0.15, -0.1) is 0 Å². The summed E-state index contributed by atoms with van der Waals surface area (Å²) in [5.74, 6) is -2.32. The average molecular weight is 472 g/mol. The molecule has 0 aliphatic heterocycles. The standard InChI is InChI=1S/C19H20O10S2/c1-28-16-9-12(7-14(20)18(16)22)3-5-30(24,25)11-31(26,27)6-4-13-8-15(21)19(23)17(10-13)29-2/h3-10,20-23H,11H2,1-2H3/b5-3+,6-4+. The zero-order chi connectivity index (χ0) is 23.4. The molecule has 31 heavy (non-hydrogen) atoms. The highest BCUT2D eigenvalue weighted by Crippen LogP contribution is 2.37. The van der Waals surface area contributed by atoms with E-state index in [0.29, 0.717) is 10.8 Å². The summed E-state index contributed by atoms with van der Waals surface area (Å²) in [4.78, 5) is 0. The molecule has 0 bridgehead atoms. The number of rotatable bonds is 8. The third-order valence-electron chi connectivity index (χ3n) is 3.86. The van der Waals surface area contributed by atoms with Gasteiger partial charge in [-0.3, -0.25) is 0 Å².